The van der Waals surface area contributed by atoms with Crippen molar-refractivity contribution in [3.8, 4) is 22.8 Å². The first-order valence-corrected chi connectivity index (χ1v) is 8.83. The van der Waals surface area contributed by atoms with Gasteiger partial charge in [-0.15, -0.1) is 0 Å². The van der Waals surface area contributed by atoms with Crippen molar-refractivity contribution in [1.82, 2.24) is 5.43 Å². The number of non-ortho nitro benzene ring substituents is 1. The summed E-state index contributed by atoms with van der Waals surface area (Å²) in [7, 11) is 2.95. The molecule has 2 aromatic carbocycles. The van der Waals surface area contributed by atoms with Crippen LogP contribution in [0, 0.1) is 17.0 Å². The highest BCUT2D eigenvalue weighted by Crippen LogP contribution is 2.34. The third-order valence-electron chi connectivity index (χ3n) is 4.25. The second-order valence-corrected chi connectivity index (χ2v) is 6.25. The summed E-state index contributed by atoms with van der Waals surface area (Å²) in [5.41, 5.74) is 4.07. The molecule has 1 amide bonds. The van der Waals surface area contributed by atoms with Crippen LogP contribution in [0.5, 0.6) is 11.5 Å². The minimum atomic E-state index is -0.497. The molecular weight excluding hydrogens is 390 g/mol. The minimum Gasteiger partial charge on any atom is -0.496 e. The van der Waals surface area contributed by atoms with Crippen LogP contribution in [-0.2, 0) is 0 Å². The van der Waals surface area contributed by atoms with Crippen molar-refractivity contribution < 1.29 is 23.6 Å². The Balaban J connectivity index is 1.76. The second kappa shape index (κ2) is 8.91. The van der Waals surface area contributed by atoms with Crippen molar-refractivity contribution >= 4 is 17.8 Å². The number of ether oxygens (including phenoxy) is 2. The number of nitro groups is 1. The summed E-state index contributed by atoms with van der Waals surface area (Å²) in [6.07, 6.45) is 1.33. The van der Waals surface area contributed by atoms with E-state index in [1.807, 2.05) is 6.92 Å². The van der Waals surface area contributed by atoms with Crippen LogP contribution in [0.3, 0.4) is 0 Å². The van der Waals surface area contributed by atoms with Gasteiger partial charge in [-0.1, -0.05) is 6.07 Å². The normalized spacial score (nSPS) is 10.8. The minimum absolute atomic E-state index is 0.0864. The number of hydrogen-bond acceptors (Lipinski definition) is 7. The Morgan fingerprint density at radius 2 is 1.87 bits per heavy atom. The predicted molar refractivity (Wildman–Crippen MR) is 110 cm³/mol. The molecular formula is C21H19N3O6. The van der Waals surface area contributed by atoms with E-state index in [1.54, 1.807) is 30.3 Å². The largest absolute Gasteiger partial charge is 0.496 e. The highest BCUT2D eigenvalue weighted by atomic mass is 16.6. The highest BCUT2D eigenvalue weighted by Gasteiger charge is 2.16. The van der Waals surface area contributed by atoms with Gasteiger partial charge in [0.1, 0.15) is 23.0 Å². The number of carbonyl (C=O) groups excluding carboxylic acids is 1. The van der Waals surface area contributed by atoms with Gasteiger partial charge in [-0.3, -0.25) is 14.9 Å². The number of nitro benzene ring substituents is 1. The van der Waals surface area contributed by atoms with Crippen molar-refractivity contribution in [2.75, 3.05) is 14.2 Å². The number of hydrogen-bond donors (Lipinski definition) is 1. The predicted octanol–water partition coefficient (Wildman–Crippen LogP) is 3.94. The number of hydrazone groups is 1. The number of nitrogens with zero attached hydrogens (tertiary/aromatic N) is 2. The van der Waals surface area contributed by atoms with Crippen molar-refractivity contribution in [2.24, 2.45) is 5.10 Å². The lowest BCUT2D eigenvalue weighted by atomic mass is 10.1. The van der Waals surface area contributed by atoms with Crippen LogP contribution in [-0.4, -0.2) is 31.3 Å². The fourth-order valence-corrected chi connectivity index (χ4v) is 2.77. The summed E-state index contributed by atoms with van der Waals surface area (Å²) in [6, 6.07) is 12.7. The van der Waals surface area contributed by atoms with E-state index in [1.165, 1.54) is 38.6 Å². The molecule has 0 unspecified atom stereocenters. The quantitative estimate of drug-likeness (QED) is 0.359. The monoisotopic (exact) mass is 409 g/mol. The molecule has 0 aliphatic carbocycles. The molecule has 0 bridgehead atoms. The third kappa shape index (κ3) is 4.46. The van der Waals surface area contributed by atoms with Crippen LogP contribution in [0.4, 0.5) is 5.69 Å². The third-order valence-corrected chi connectivity index (χ3v) is 4.25. The van der Waals surface area contributed by atoms with Gasteiger partial charge in [0.05, 0.1) is 36.5 Å². The van der Waals surface area contributed by atoms with Crippen LogP contribution >= 0.6 is 0 Å². The first-order chi connectivity index (χ1) is 14.4. The molecule has 1 heterocycles. The van der Waals surface area contributed by atoms with Gasteiger partial charge in [0, 0.05) is 12.1 Å². The molecule has 154 valence electrons. The molecule has 30 heavy (non-hydrogen) atoms. The first-order valence-electron chi connectivity index (χ1n) is 8.83. The van der Waals surface area contributed by atoms with Gasteiger partial charge in [0.15, 0.2) is 0 Å². The van der Waals surface area contributed by atoms with Gasteiger partial charge in [0.2, 0.25) is 0 Å². The van der Waals surface area contributed by atoms with Crippen molar-refractivity contribution in [3.63, 3.8) is 0 Å². The van der Waals surface area contributed by atoms with Crippen LogP contribution in [0.25, 0.3) is 11.3 Å². The van der Waals surface area contributed by atoms with Gasteiger partial charge in [-0.05, 0) is 42.8 Å². The molecule has 0 saturated carbocycles. The summed E-state index contributed by atoms with van der Waals surface area (Å²) < 4.78 is 16.1. The van der Waals surface area contributed by atoms with E-state index in [0.29, 0.717) is 34.1 Å². The Morgan fingerprint density at radius 3 is 2.57 bits per heavy atom. The molecule has 0 saturated heterocycles. The molecule has 1 aromatic heterocycles. The molecule has 0 radical (unpaired) electrons. The van der Waals surface area contributed by atoms with Gasteiger partial charge in [-0.2, -0.15) is 5.10 Å². The number of aryl methyl sites for hydroxylation is 1. The van der Waals surface area contributed by atoms with Crippen molar-refractivity contribution in [3.05, 3.63) is 75.5 Å². The SMILES string of the molecule is COc1cc(C)ccc1C(=O)N/N=C\c1ccc(-c2cc([N+](=O)[O-])ccc2OC)o1. The lowest BCUT2D eigenvalue weighted by Crippen LogP contribution is -2.18. The topological polar surface area (TPSA) is 116 Å². The molecule has 0 spiro atoms. The molecule has 0 aliphatic rings. The summed E-state index contributed by atoms with van der Waals surface area (Å²) in [5.74, 6) is 1.15. The molecule has 0 fully saturated rings. The maximum absolute atomic E-state index is 12.3. The van der Waals surface area contributed by atoms with E-state index in [-0.39, 0.29) is 5.69 Å². The second-order valence-electron chi connectivity index (χ2n) is 6.25. The summed E-state index contributed by atoms with van der Waals surface area (Å²) in [6.45, 7) is 1.90. The zero-order chi connectivity index (χ0) is 21.7. The lowest BCUT2D eigenvalue weighted by molar-refractivity contribution is -0.384. The molecule has 9 heteroatoms. The van der Waals surface area contributed by atoms with Gasteiger partial charge in [-0.25, -0.2) is 5.43 Å². The summed E-state index contributed by atoms with van der Waals surface area (Å²) in [5, 5.41) is 14.9. The number of methoxy groups -OCH3 is 2. The van der Waals surface area contributed by atoms with Crippen LogP contribution < -0.4 is 14.9 Å². The smallest absolute Gasteiger partial charge is 0.275 e. The van der Waals surface area contributed by atoms with Crippen LogP contribution in [0.2, 0.25) is 0 Å². The summed E-state index contributed by atoms with van der Waals surface area (Å²) in [4.78, 5) is 22.9. The van der Waals surface area contributed by atoms with Gasteiger partial charge < -0.3 is 13.9 Å². The fraction of sp³-hybridized carbons (Fsp3) is 0.143. The van der Waals surface area contributed by atoms with E-state index >= 15 is 0 Å². The van der Waals surface area contributed by atoms with Gasteiger partial charge in [0.25, 0.3) is 11.6 Å². The first kappa shape index (κ1) is 20.6. The Hall–Kier alpha value is -4.14. The molecule has 0 atom stereocenters. The zero-order valence-electron chi connectivity index (χ0n) is 16.5. The number of furan rings is 1. The number of amides is 1. The van der Waals surface area contributed by atoms with Crippen molar-refractivity contribution in [2.45, 2.75) is 6.92 Å². The summed E-state index contributed by atoms with van der Waals surface area (Å²) >= 11 is 0. The Kier molecular flexibility index (Phi) is 6.11. The van der Waals surface area contributed by atoms with Crippen LogP contribution in [0.15, 0.2) is 58.0 Å². The highest BCUT2D eigenvalue weighted by molar-refractivity contribution is 5.97. The Labute approximate surface area is 172 Å². The Bertz CT molecular complexity index is 1120. The van der Waals surface area contributed by atoms with E-state index in [4.69, 9.17) is 13.9 Å². The maximum atomic E-state index is 12.3. The van der Waals surface area contributed by atoms with E-state index < -0.39 is 10.8 Å². The van der Waals surface area contributed by atoms with Gasteiger partial charge >= 0.3 is 0 Å². The molecule has 9 nitrogen and oxygen atoms in total. The molecule has 3 aromatic rings. The molecule has 0 aliphatic heterocycles. The average Bonchev–Trinajstić information content (AvgIpc) is 3.21. The lowest BCUT2D eigenvalue weighted by Gasteiger charge is -2.07. The Morgan fingerprint density at radius 1 is 1.10 bits per heavy atom. The zero-order valence-corrected chi connectivity index (χ0v) is 16.5. The van der Waals surface area contributed by atoms with E-state index in [2.05, 4.69) is 10.5 Å². The molecule has 3 rings (SSSR count). The standard InChI is InChI=1S/C21H19N3O6/c1-13-4-7-16(20(10-13)29-3)21(25)23-22-12-15-6-9-19(30-15)17-11-14(24(26)27)5-8-18(17)28-2/h4-12H,1-3H3,(H,23,25)/b22-12-. The van der Waals surface area contributed by atoms with E-state index in [9.17, 15) is 14.9 Å². The van der Waals surface area contributed by atoms with Crippen molar-refractivity contribution in [1.29, 1.82) is 0 Å². The fourth-order valence-electron chi connectivity index (χ4n) is 2.77. The number of carbonyl (C=O) groups is 1. The van der Waals surface area contributed by atoms with E-state index in [0.717, 1.165) is 5.56 Å². The maximum Gasteiger partial charge on any atom is 0.275 e. The number of benzene rings is 2. The number of nitrogens with one attached hydrogen (secondary N) is 1. The molecule has 1 N–H and O–H groups in total. The average molecular weight is 409 g/mol. The number of rotatable bonds is 7. The van der Waals surface area contributed by atoms with Crippen LogP contribution in [0.1, 0.15) is 21.7 Å².